The normalized spacial score (nSPS) is 22.1. The first kappa shape index (κ1) is 17.7. The molecule has 1 aliphatic heterocycles. The number of benzene rings is 1. The Kier molecular flexibility index (Phi) is 4.86. The summed E-state index contributed by atoms with van der Waals surface area (Å²) in [6.45, 7) is 2.14. The number of anilines is 1. The minimum atomic E-state index is 0.563. The number of hydrogen-bond donors (Lipinski definition) is 0. The van der Waals surface area contributed by atoms with Gasteiger partial charge in [0.15, 0.2) is 11.5 Å². The van der Waals surface area contributed by atoms with Gasteiger partial charge in [0.2, 0.25) is 0 Å². The molecule has 1 unspecified atom stereocenters. The first-order valence-electron chi connectivity index (χ1n) is 9.32. The molecule has 1 saturated heterocycles. The van der Waals surface area contributed by atoms with Crippen LogP contribution in [-0.2, 0) is 0 Å². The van der Waals surface area contributed by atoms with E-state index in [1.165, 1.54) is 32.1 Å². The van der Waals surface area contributed by atoms with Crippen LogP contribution in [0.15, 0.2) is 18.5 Å². The molecule has 1 spiro atoms. The molecule has 2 aliphatic rings. The second-order valence-corrected chi connectivity index (χ2v) is 8.65. The monoisotopic (exact) mass is 373 g/mol. The summed E-state index contributed by atoms with van der Waals surface area (Å²) < 4.78 is 10.9. The van der Waals surface area contributed by atoms with E-state index in [0.717, 1.165) is 40.8 Å². The van der Waals surface area contributed by atoms with Crippen LogP contribution in [0, 0.1) is 5.41 Å². The number of ether oxygens (including phenoxy) is 2. The van der Waals surface area contributed by atoms with Gasteiger partial charge in [0.05, 0.1) is 19.7 Å². The average Bonchev–Trinajstić information content (AvgIpc) is 3.10. The highest BCUT2D eigenvalue weighted by Gasteiger charge is 2.41. The number of nitrogens with zero attached hydrogens (tertiary/aromatic N) is 3. The van der Waals surface area contributed by atoms with Crippen molar-refractivity contribution >= 4 is 28.5 Å². The largest absolute Gasteiger partial charge is 0.493 e. The fourth-order valence-corrected chi connectivity index (χ4v) is 5.50. The van der Waals surface area contributed by atoms with Crippen molar-refractivity contribution in [2.24, 2.45) is 5.41 Å². The number of rotatable bonds is 4. The molecule has 2 aromatic rings. The van der Waals surface area contributed by atoms with E-state index in [0.29, 0.717) is 11.2 Å². The molecule has 2 fully saturated rings. The van der Waals surface area contributed by atoms with Gasteiger partial charge in [-0.1, -0.05) is 0 Å². The predicted octanol–water partition coefficient (Wildman–Crippen LogP) is 4.15. The lowest BCUT2D eigenvalue weighted by atomic mass is 9.77. The highest BCUT2D eigenvalue weighted by Crippen LogP contribution is 2.50. The van der Waals surface area contributed by atoms with E-state index < -0.39 is 0 Å². The topological polar surface area (TPSA) is 47.5 Å². The molecular weight excluding hydrogens is 346 g/mol. The molecule has 1 saturated carbocycles. The Morgan fingerprint density at radius 3 is 2.46 bits per heavy atom. The van der Waals surface area contributed by atoms with Gasteiger partial charge in [0.25, 0.3) is 0 Å². The molecule has 0 amide bonds. The Balaban J connectivity index is 1.60. The summed E-state index contributed by atoms with van der Waals surface area (Å²) in [6, 6.07) is 3.94. The minimum absolute atomic E-state index is 0.563. The molecule has 1 aromatic carbocycles. The van der Waals surface area contributed by atoms with Crippen LogP contribution in [0.1, 0.15) is 32.1 Å². The van der Waals surface area contributed by atoms with Gasteiger partial charge in [-0.25, -0.2) is 9.97 Å². The number of fused-ring (bicyclic) bond motifs is 1. The van der Waals surface area contributed by atoms with Crippen LogP contribution in [-0.4, -0.2) is 48.8 Å². The molecule has 0 N–H and O–H groups in total. The molecule has 1 aromatic heterocycles. The lowest BCUT2D eigenvalue weighted by molar-refractivity contribution is 0.227. The second kappa shape index (κ2) is 7.14. The minimum Gasteiger partial charge on any atom is -0.493 e. The summed E-state index contributed by atoms with van der Waals surface area (Å²) in [5.74, 6) is 2.45. The van der Waals surface area contributed by atoms with Crippen molar-refractivity contribution < 1.29 is 9.47 Å². The van der Waals surface area contributed by atoms with Crippen molar-refractivity contribution in [3.8, 4) is 11.5 Å². The third-order valence-corrected chi connectivity index (χ3v) is 7.30. The SMILES string of the molecule is COc1cc2ncnc(N3CCC4(CCC(SC)C4)CC3)c2cc1OC. The summed E-state index contributed by atoms with van der Waals surface area (Å²) in [5, 5.41) is 1.90. The van der Waals surface area contributed by atoms with Gasteiger partial charge in [-0.05, 0) is 49.8 Å². The van der Waals surface area contributed by atoms with Gasteiger partial charge >= 0.3 is 0 Å². The van der Waals surface area contributed by atoms with E-state index in [-0.39, 0.29) is 0 Å². The zero-order valence-corrected chi connectivity index (χ0v) is 16.6. The summed E-state index contributed by atoms with van der Waals surface area (Å²) >= 11 is 2.05. The Morgan fingerprint density at radius 1 is 1.08 bits per heavy atom. The van der Waals surface area contributed by atoms with Crippen molar-refractivity contribution in [1.82, 2.24) is 9.97 Å². The maximum absolute atomic E-state index is 5.49. The summed E-state index contributed by atoms with van der Waals surface area (Å²) in [6.07, 6.45) is 10.6. The number of thioether (sulfide) groups is 1. The number of hydrogen-bond acceptors (Lipinski definition) is 6. The summed E-state index contributed by atoms with van der Waals surface area (Å²) in [5.41, 5.74) is 1.46. The fraction of sp³-hybridized carbons (Fsp3) is 0.600. The van der Waals surface area contributed by atoms with Crippen LogP contribution >= 0.6 is 11.8 Å². The van der Waals surface area contributed by atoms with Crippen molar-refractivity contribution in [2.75, 3.05) is 38.5 Å². The Labute approximate surface area is 159 Å². The lowest BCUT2D eigenvalue weighted by Crippen LogP contribution is -2.39. The van der Waals surface area contributed by atoms with Crippen molar-refractivity contribution in [2.45, 2.75) is 37.4 Å². The van der Waals surface area contributed by atoms with E-state index in [4.69, 9.17) is 9.47 Å². The van der Waals surface area contributed by atoms with Gasteiger partial charge in [-0.3, -0.25) is 0 Å². The molecule has 140 valence electrons. The van der Waals surface area contributed by atoms with E-state index in [2.05, 4.69) is 21.1 Å². The van der Waals surface area contributed by atoms with E-state index in [1.54, 1.807) is 20.5 Å². The summed E-state index contributed by atoms with van der Waals surface area (Å²) in [7, 11) is 3.32. The van der Waals surface area contributed by atoms with Crippen molar-refractivity contribution in [3.63, 3.8) is 0 Å². The van der Waals surface area contributed by atoms with E-state index in [9.17, 15) is 0 Å². The molecule has 5 nitrogen and oxygen atoms in total. The van der Waals surface area contributed by atoms with Crippen molar-refractivity contribution in [1.29, 1.82) is 0 Å². The third kappa shape index (κ3) is 3.08. The number of aromatic nitrogens is 2. The van der Waals surface area contributed by atoms with Gasteiger partial charge in [-0.15, -0.1) is 0 Å². The highest BCUT2D eigenvalue weighted by atomic mass is 32.2. The Bertz CT molecular complexity index is 790. The Hall–Kier alpha value is -1.69. The van der Waals surface area contributed by atoms with Crippen LogP contribution in [0.4, 0.5) is 5.82 Å². The number of piperidine rings is 1. The third-order valence-electron chi connectivity index (χ3n) is 6.23. The molecule has 1 aliphatic carbocycles. The average molecular weight is 374 g/mol. The molecule has 6 heteroatoms. The van der Waals surface area contributed by atoms with Gasteiger partial charge in [0, 0.05) is 29.8 Å². The van der Waals surface area contributed by atoms with Crippen LogP contribution < -0.4 is 14.4 Å². The molecule has 2 heterocycles. The maximum atomic E-state index is 5.49. The molecule has 4 rings (SSSR count). The molecule has 1 atom stereocenters. The molecule has 0 radical (unpaired) electrons. The first-order valence-corrected chi connectivity index (χ1v) is 10.6. The Morgan fingerprint density at radius 2 is 1.81 bits per heavy atom. The zero-order valence-electron chi connectivity index (χ0n) is 15.8. The summed E-state index contributed by atoms with van der Waals surface area (Å²) in [4.78, 5) is 11.5. The van der Waals surface area contributed by atoms with Gasteiger partial charge in [-0.2, -0.15) is 11.8 Å². The first-order chi connectivity index (χ1) is 12.7. The maximum Gasteiger partial charge on any atom is 0.162 e. The van der Waals surface area contributed by atoms with Crippen LogP contribution in [0.25, 0.3) is 10.9 Å². The smallest absolute Gasteiger partial charge is 0.162 e. The predicted molar refractivity (Wildman–Crippen MR) is 108 cm³/mol. The van der Waals surface area contributed by atoms with E-state index >= 15 is 0 Å². The fourth-order valence-electron chi connectivity index (χ4n) is 4.62. The number of methoxy groups -OCH3 is 2. The van der Waals surface area contributed by atoms with Gasteiger partial charge in [0.1, 0.15) is 12.1 Å². The van der Waals surface area contributed by atoms with Gasteiger partial charge < -0.3 is 14.4 Å². The standard InChI is InChI=1S/C20H27N3O2S/c1-24-17-10-15-16(11-18(17)25-2)21-13-22-19(15)23-8-6-20(7-9-23)5-4-14(12-20)26-3/h10-11,13-14H,4-9,12H2,1-3H3. The van der Waals surface area contributed by atoms with Crippen LogP contribution in [0.2, 0.25) is 0 Å². The zero-order chi connectivity index (χ0) is 18.1. The van der Waals surface area contributed by atoms with E-state index in [1.807, 2.05) is 23.9 Å². The molecular formula is C20H27N3O2S. The molecule has 0 bridgehead atoms. The lowest BCUT2D eigenvalue weighted by Gasteiger charge is -2.40. The molecule has 26 heavy (non-hydrogen) atoms. The van der Waals surface area contributed by atoms with Crippen LogP contribution in [0.3, 0.4) is 0 Å². The quantitative estimate of drug-likeness (QED) is 0.802. The highest BCUT2D eigenvalue weighted by molar-refractivity contribution is 7.99. The van der Waals surface area contributed by atoms with Crippen molar-refractivity contribution in [3.05, 3.63) is 18.5 Å². The van der Waals surface area contributed by atoms with Crippen LogP contribution in [0.5, 0.6) is 11.5 Å². The second-order valence-electron chi connectivity index (χ2n) is 7.51.